The average molecular weight is 431 g/mol. The smallest absolute Gasteiger partial charge is 0.264 e. The molecule has 1 aliphatic rings. The van der Waals surface area contributed by atoms with Gasteiger partial charge in [0.25, 0.3) is 5.91 Å². The molecule has 0 aliphatic carbocycles. The molecular weight excluding hydrogens is 400 g/mol. The summed E-state index contributed by atoms with van der Waals surface area (Å²) in [5.74, 6) is -0.386. The highest BCUT2D eigenvalue weighted by Gasteiger charge is 2.44. The Morgan fingerprint density at radius 1 is 0.969 bits per heavy atom. The summed E-state index contributed by atoms with van der Waals surface area (Å²) in [6, 6.07) is 27.8. The molecule has 0 spiro atoms. The van der Waals surface area contributed by atoms with Crippen LogP contribution >= 0.6 is 0 Å². The van der Waals surface area contributed by atoms with E-state index in [4.69, 9.17) is 0 Å². The van der Waals surface area contributed by atoms with Crippen LogP contribution in [0, 0.1) is 0 Å². The number of β-amino-alcohol motifs (C(OH)–C–C–N with tert-alkyl or cyclic N) is 1. The summed E-state index contributed by atoms with van der Waals surface area (Å²) < 4.78 is 0. The molecule has 2 N–H and O–H groups in total. The van der Waals surface area contributed by atoms with Crippen LogP contribution in [0.1, 0.15) is 29.2 Å². The Hall–Kier alpha value is -2.99. The summed E-state index contributed by atoms with van der Waals surface area (Å²) in [4.78, 5) is 17.9. The lowest BCUT2D eigenvalue weighted by atomic mass is 9.84. The number of likely N-dealkylation sites (tertiary alicyclic amines) is 1. The largest absolute Gasteiger partial charge is 0.392 e. The first-order valence-corrected chi connectivity index (χ1v) is 11.1. The number of hydrogen-bond donors (Lipinski definition) is 2. The molecule has 1 heterocycles. The maximum absolute atomic E-state index is 14.0. The van der Waals surface area contributed by atoms with Gasteiger partial charge in [-0.1, -0.05) is 91.0 Å². The Labute approximate surface area is 189 Å². The van der Waals surface area contributed by atoms with E-state index in [1.165, 1.54) is 0 Å². The van der Waals surface area contributed by atoms with Gasteiger partial charge in [-0.2, -0.15) is 0 Å². The van der Waals surface area contributed by atoms with E-state index in [0.717, 1.165) is 18.5 Å². The Balaban J connectivity index is 1.72. The van der Waals surface area contributed by atoms with Crippen molar-refractivity contribution < 1.29 is 15.0 Å². The lowest BCUT2D eigenvalue weighted by Gasteiger charge is -2.38. The second-order valence-corrected chi connectivity index (χ2v) is 8.49. The van der Waals surface area contributed by atoms with Crippen molar-refractivity contribution >= 4 is 5.91 Å². The third kappa shape index (κ3) is 4.46. The number of rotatable bonds is 7. The van der Waals surface area contributed by atoms with Gasteiger partial charge in [-0.05, 0) is 23.1 Å². The number of hydrogen-bond acceptors (Lipinski definition) is 4. The molecule has 5 nitrogen and oxygen atoms in total. The maximum atomic E-state index is 14.0. The third-order valence-corrected chi connectivity index (χ3v) is 6.34. The van der Waals surface area contributed by atoms with E-state index >= 15 is 0 Å². The van der Waals surface area contributed by atoms with Gasteiger partial charge in [0, 0.05) is 26.7 Å². The quantitative estimate of drug-likeness (QED) is 0.604. The van der Waals surface area contributed by atoms with Crippen molar-refractivity contribution in [3.63, 3.8) is 0 Å². The van der Waals surface area contributed by atoms with Crippen molar-refractivity contribution in [3.8, 4) is 0 Å². The molecule has 2 atom stereocenters. The van der Waals surface area contributed by atoms with Gasteiger partial charge in [-0.15, -0.1) is 0 Å². The van der Waals surface area contributed by atoms with Gasteiger partial charge in [-0.25, -0.2) is 0 Å². The summed E-state index contributed by atoms with van der Waals surface area (Å²) >= 11 is 0. The summed E-state index contributed by atoms with van der Waals surface area (Å²) in [6.45, 7) is 1.96. The van der Waals surface area contributed by atoms with Crippen LogP contribution in [0.2, 0.25) is 0 Å². The molecule has 3 aromatic rings. The molecule has 1 amide bonds. The van der Waals surface area contributed by atoms with Crippen molar-refractivity contribution in [1.29, 1.82) is 0 Å². The van der Waals surface area contributed by atoms with E-state index in [1.807, 2.05) is 66.7 Å². The Kier molecular flexibility index (Phi) is 6.70. The van der Waals surface area contributed by atoms with Crippen molar-refractivity contribution in [2.45, 2.75) is 24.2 Å². The van der Waals surface area contributed by atoms with Gasteiger partial charge >= 0.3 is 0 Å². The lowest BCUT2D eigenvalue weighted by molar-refractivity contribution is -0.149. The van der Waals surface area contributed by atoms with Gasteiger partial charge in [0.15, 0.2) is 5.60 Å². The van der Waals surface area contributed by atoms with Gasteiger partial charge in [0.1, 0.15) is 0 Å². The molecule has 0 saturated carbocycles. The van der Waals surface area contributed by atoms with E-state index in [2.05, 4.69) is 4.90 Å². The highest BCUT2D eigenvalue weighted by Crippen LogP contribution is 2.34. The summed E-state index contributed by atoms with van der Waals surface area (Å²) in [6.07, 6.45) is 0.398. The molecule has 0 aromatic heterocycles. The molecule has 1 saturated heterocycles. The number of amides is 1. The average Bonchev–Trinajstić information content (AvgIpc) is 3.27. The van der Waals surface area contributed by atoms with Gasteiger partial charge in [-0.3, -0.25) is 9.69 Å². The van der Waals surface area contributed by atoms with Crippen molar-refractivity contribution in [1.82, 2.24) is 9.80 Å². The summed E-state index contributed by atoms with van der Waals surface area (Å²) in [7, 11) is 1.75. The number of carbonyl (C=O) groups excluding carboxylic acids is 1. The minimum atomic E-state index is -1.81. The molecule has 5 heteroatoms. The number of likely N-dealkylation sites (N-methyl/N-ethyl adjacent to an activating group) is 1. The molecular formula is C27H30N2O3. The molecule has 1 aliphatic heterocycles. The highest BCUT2D eigenvalue weighted by molar-refractivity contribution is 5.90. The van der Waals surface area contributed by atoms with E-state index in [9.17, 15) is 15.0 Å². The third-order valence-electron chi connectivity index (χ3n) is 6.34. The van der Waals surface area contributed by atoms with E-state index in [1.54, 1.807) is 36.2 Å². The monoisotopic (exact) mass is 430 g/mol. The van der Waals surface area contributed by atoms with Crippen LogP contribution in [0.15, 0.2) is 91.0 Å². The molecule has 4 rings (SSSR count). The summed E-state index contributed by atoms with van der Waals surface area (Å²) in [5.41, 5.74) is 0.251. The van der Waals surface area contributed by atoms with Crippen LogP contribution in [-0.4, -0.2) is 58.7 Å². The fourth-order valence-corrected chi connectivity index (χ4v) is 4.52. The predicted molar refractivity (Wildman–Crippen MR) is 125 cm³/mol. The zero-order valence-corrected chi connectivity index (χ0v) is 18.3. The van der Waals surface area contributed by atoms with Crippen LogP contribution in [0.4, 0.5) is 0 Å². The number of benzene rings is 3. The second kappa shape index (κ2) is 9.65. The van der Waals surface area contributed by atoms with Crippen LogP contribution in [0.3, 0.4) is 0 Å². The molecule has 1 unspecified atom stereocenters. The number of aliphatic hydroxyl groups is 2. The zero-order chi connectivity index (χ0) is 22.6. The minimum Gasteiger partial charge on any atom is -0.392 e. The number of carbonyl (C=O) groups is 1. The molecule has 166 valence electrons. The standard InChI is InChI=1S/C27H30N2O3/c1-28(25(21-11-5-2-6-12-21)20-29-18-17-24(30)19-29)26(31)27(32,22-13-7-3-8-14-22)23-15-9-4-10-16-23/h2-16,24-25,30,32H,17-20H2,1H3/t24?,25-/m1/s1. The SMILES string of the molecule is CN(C(=O)C(O)(c1ccccc1)c1ccccc1)[C@H](CN1CCC(O)C1)c1ccccc1. The molecule has 1 fully saturated rings. The Bertz CT molecular complexity index is 971. The minimum absolute atomic E-state index is 0.270. The van der Waals surface area contributed by atoms with Crippen LogP contribution in [0.25, 0.3) is 0 Å². The number of aliphatic hydroxyl groups excluding tert-OH is 1. The second-order valence-electron chi connectivity index (χ2n) is 8.49. The molecule has 32 heavy (non-hydrogen) atoms. The number of nitrogens with zero attached hydrogens (tertiary/aromatic N) is 2. The molecule has 3 aromatic carbocycles. The fourth-order valence-electron chi connectivity index (χ4n) is 4.52. The first-order valence-electron chi connectivity index (χ1n) is 11.1. The predicted octanol–water partition coefficient (Wildman–Crippen LogP) is 3.19. The molecule has 0 bridgehead atoms. The van der Waals surface area contributed by atoms with E-state index < -0.39 is 5.60 Å². The topological polar surface area (TPSA) is 64.0 Å². The summed E-state index contributed by atoms with van der Waals surface area (Å²) in [5, 5.41) is 21.9. The van der Waals surface area contributed by atoms with Crippen LogP contribution in [-0.2, 0) is 10.4 Å². The first kappa shape index (κ1) is 22.2. The van der Waals surface area contributed by atoms with Crippen LogP contribution < -0.4 is 0 Å². The Morgan fingerprint density at radius 2 is 1.47 bits per heavy atom. The highest BCUT2D eigenvalue weighted by atomic mass is 16.3. The van der Waals surface area contributed by atoms with E-state index in [0.29, 0.717) is 24.2 Å². The van der Waals surface area contributed by atoms with Crippen LogP contribution in [0.5, 0.6) is 0 Å². The first-order chi connectivity index (χ1) is 15.5. The van der Waals surface area contributed by atoms with E-state index in [-0.39, 0.29) is 18.1 Å². The van der Waals surface area contributed by atoms with Gasteiger partial charge in [0.2, 0.25) is 0 Å². The normalized spacial score (nSPS) is 17.8. The van der Waals surface area contributed by atoms with Gasteiger partial charge in [0.05, 0.1) is 12.1 Å². The maximum Gasteiger partial charge on any atom is 0.264 e. The van der Waals surface area contributed by atoms with Crippen molar-refractivity contribution in [3.05, 3.63) is 108 Å². The van der Waals surface area contributed by atoms with Crippen molar-refractivity contribution in [2.75, 3.05) is 26.7 Å². The Morgan fingerprint density at radius 3 is 1.94 bits per heavy atom. The lowest BCUT2D eigenvalue weighted by Crippen LogP contribution is -2.49. The molecule has 0 radical (unpaired) electrons. The van der Waals surface area contributed by atoms with Crippen molar-refractivity contribution in [2.24, 2.45) is 0 Å². The van der Waals surface area contributed by atoms with Gasteiger partial charge < -0.3 is 15.1 Å². The fraction of sp³-hybridized carbons (Fsp3) is 0.296. The zero-order valence-electron chi connectivity index (χ0n) is 18.3.